The van der Waals surface area contributed by atoms with Crippen molar-refractivity contribution >= 4 is 0 Å². The van der Waals surface area contributed by atoms with Crippen molar-refractivity contribution in [2.24, 2.45) is 5.92 Å². The number of rotatable bonds is 13. The zero-order chi connectivity index (χ0) is 19.6. The molecule has 0 saturated carbocycles. The third-order valence-corrected chi connectivity index (χ3v) is 5.31. The van der Waals surface area contributed by atoms with E-state index < -0.39 is 23.2 Å². The van der Waals surface area contributed by atoms with E-state index in [0.29, 0.717) is 18.9 Å². The van der Waals surface area contributed by atoms with Crippen LogP contribution in [0.25, 0.3) is 0 Å². The van der Waals surface area contributed by atoms with E-state index >= 15 is 0 Å². The Kier molecular flexibility index (Phi) is 10.3. The second-order valence-corrected chi connectivity index (χ2v) is 7.07. The summed E-state index contributed by atoms with van der Waals surface area (Å²) >= 11 is 0. The van der Waals surface area contributed by atoms with Gasteiger partial charge < -0.3 is 9.47 Å². The smallest absolute Gasteiger partial charge is 0.167 e. The van der Waals surface area contributed by atoms with Crippen molar-refractivity contribution in [1.29, 1.82) is 0 Å². The Morgan fingerprint density at radius 3 is 2.04 bits per heavy atom. The third-order valence-electron chi connectivity index (χ3n) is 5.31. The predicted octanol–water partition coefficient (Wildman–Crippen LogP) is 6.41. The van der Waals surface area contributed by atoms with Crippen molar-refractivity contribution in [1.82, 2.24) is 0 Å². The van der Waals surface area contributed by atoms with Crippen molar-refractivity contribution < 1.29 is 22.6 Å². The van der Waals surface area contributed by atoms with Crippen LogP contribution in [0.4, 0.5) is 13.2 Å². The van der Waals surface area contributed by atoms with Gasteiger partial charge in [0.2, 0.25) is 0 Å². The molecule has 150 valence electrons. The molecule has 0 heterocycles. The molecule has 1 rings (SSSR count). The first-order chi connectivity index (χ1) is 12.4. The van der Waals surface area contributed by atoms with Gasteiger partial charge in [-0.25, -0.2) is 13.2 Å². The van der Waals surface area contributed by atoms with Gasteiger partial charge in [0, 0.05) is 26.2 Å². The molecule has 26 heavy (non-hydrogen) atoms. The zero-order valence-electron chi connectivity index (χ0n) is 16.5. The van der Waals surface area contributed by atoms with Crippen molar-refractivity contribution in [2.45, 2.75) is 77.4 Å². The van der Waals surface area contributed by atoms with Crippen LogP contribution in [-0.4, -0.2) is 20.0 Å². The number of ether oxygens (including phenoxy) is 2. The SMILES string of the molecule is CCCCCCCCC(CCc1cc(F)c(F)cc1F)C(C)(OC)OC. The van der Waals surface area contributed by atoms with Crippen LogP contribution in [-0.2, 0) is 15.9 Å². The van der Waals surface area contributed by atoms with Gasteiger partial charge in [0.25, 0.3) is 0 Å². The summed E-state index contributed by atoms with van der Waals surface area (Å²) in [5.74, 6) is -3.63. The van der Waals surface area contributed by atoms with Gasteiger partial charge in [0.05, 0.1) is 0 Å². The molecule has 1 unspecified atom stereocenters. The van der Waals surface area contributed by atoms with Gasteiger partial charge in [-0.15, -0.1) is 0 Å². The Labute approximate surface area is 156 Å². The molecule has 0 aromatic heterocycles. The maximum atomic E-state index is 13.9. The Morgan fingerprint density at radius 2 is 1.42 bits per heavy atom. The fraction of sp³-hybridized carbons (Fsp3) is 0.714. The zero-order valence-corrected chi connectivity index (χ0v) is 16.5. The van der Waals surface area contributed by atoms with Crippen LogP contribution in [0.5, 0.6) is 0 Å². The van der Waals surface area contributed by atoms with E-state index in [2.05, 4.69) is 6.92 Å². The van der Waals surface area contributed by atoms with E-state index in [-0.39, 0.29) is 11.5 Å². The highest BCUT2D eigenvalue weighted by Crippen LogP contribution is 2.32. The highest BCUT2D eigenvalue weighted by Gasteiger charge is 2.33. The number of benzene rings is 1. The van der Waals surface area contributed by atoms with Gasteiger partial charge in [0.1, 0.15) is 5.82 Å². The normalized spacial score (nSPS) is 13.2. The number of halogens is 3. The summed E-state index contributed by atoms with van der Waals surface area (Å²) in [4.78, 5) is 0. The molecule has 0 aliphatic heterocycles. The van der Waals surface area contributed by atoms with Crippen LogP contribution in [0.15, 0.2) is 12.1 Å². The summed E-state index contributed by atoms with van der Waals surface area (Å²) in [5.41, 5.74) is 0.186. The maximum Gasteiger partial charge on any atom is 0.167 e. The fourth-order valence-electron chi connectivity index (χ4n) is 3.34. The minimum atomic E-state index is -1.16. The second kappa shape index (κ2) is 11.6. The first-order valence-corrected chi connectivity index (χ1v) is 9.61. The molecule has 5 heteroatoms. The summed E-state index contributed by atoms with van der Waals surface area (Å²) in [5, 5.41) is 0. The molecule has 2 nitrogen and oxygen atoms in total. The lowest BCUT2D eigenvalue weighted by molar-refractivity contribution is -0.229. The number of methoxy groups -OCH3 is 2. The van der Waals surface area contributed by atoms with Gasteiger partial charge >= 0.3 is 0 Å². The van der Waals surface area contributed by atoms with Crippen LogP contribution in [0.3, 0.4) is 0 Å². The molecule has 0 bridgehead atoms. The number of aryl methyl sites for hydroxylation is 1. The lowest BCUT2D eigenvalue weighted by Crippen LogP contribution is -2.39. The number of hydrogen-bond donors (Lipinski definition) is 0. The topological polar surface area (TPSA) is 18.5 Å². The van der Waals surface area contributed by atoms with Crippen molar-refractivity contribution in [2.75, 3.05) is 14.2 Å². The monoisotopic (exact) mass is 374 g/mol. The van der Waals surface area contributed by atoms with E-state index in [0.717, 1.165) is 25.3 Å². The summed E-state index contributed by atoms with van der Waals surface area (Å²) in [7, 11) is 3.19. The maximum absolute atomic E-state index is 13.9. The number of hydrogen-bond acceptors (Lipinski definition) is 2. The Balaban J connectivity index is 2.69. The first kappa shape index (κ1) is 23.0. The van der Waals surface area contributed by atoms with E-state index in [1.165, 1.54) is 25.7 Å². The Morgan fingerprint density at radius 1 is 0.846 bits per heavy atom. The number of unbranched alkanes of at least 4 members (excludes halogenated alkanes) is 5. The average molecular weight is 374 g/mol. The molecule has 0 spiro atoms. The molecule has 0 N–H and O–H groups in total. The van der Waals surface area contributed by atoms with Crippen LogP contribution in [0.1, 0.15) is 70.8 Å². The van der Waals surface area contributed by atoms with Gasteiger partial charge in [-0.3, -0.25) is 0 Å². The highest BCUT2D eigenvalue weighted by atomic mass is 19.2. The van der Waals surface area contributed by atoms with Crippen molar-refractivity contribution in [3.05, 3.63) is 35.1 Å². The minimum Gasteiger partial charge on any atom is -0.353 e. The summed E-state index contributed by atoms with van der Waals surface area (Å²) in [6, 6.07) is 1.56. The van der Waals surface area contributed by atoms with E-state index in [1.54, 1.807) is 14.2 Å². The summed E-state index contributed by atoms with van der Waals surface area (Å²) < 4.78 is 51.5. The van der Waals surface area contributed by atoms with Crippen LogP contribution >= 0.6 is 0 Å². The van der Waals surface area contributed by atoms with Crippen molar-refractivity contribution in [3.8, 4) is 0 Å². The van der Waals surface area contributed by atoms with E-state index in [4.69, 9.17) is 9.47 Å². The predicted molar refractivity (Wildman–Crippen MR) is 98.5 cm³/mol. The quantitative estimate of drug-likeness (QED) is 0.226. The lowest BCUT2D eigenvalue weighted by atomic mass is 9.87. The average Bonchev–Trinajstić information content (AvgIpc) is 2.63. The minimum absolute atomic E-state index is 0.0381. The fourth-order valence-corrected chi connectivity index (χ4v) is 3.34. The molecule has 0 radical (unpaired) electrons. The van der Waals surface area contributed by atoms with Gasteiger partial charge in [-0.05, 0) is 37.8 Å². The molecular weight excluding hydrogens is 341 g/mol. The summed E-state index contributed by atoms with van der Waals surface area (Å²) in [6.45, 7) is 4.06. The molecule has 0 amide bonds. The van der Waals surface area contributed by atoms with Crippen molar-refractivity contribution in [3.63, 3.8) is 0 Å². The Bertz CT molecular complexity index is 530. The molecule has 0 aliphatic rings. The molecule has 1 atom stereocenters. The van der Waals surface area contributed by atoms with Crippen LogP contribution in [0.2, 0.25) is 0 Å². The third kappa shape index (κ3) is 6.92. The molecule has 1 aromatic carbocycles. The molecule has 0 fully saturated rings. The van der Waals surface area contributed by atoms with Crippen LogP contribution < -0.4 is 0 Å². The van der Waals surface area contributed by atoms with E-state index in [9.17, 15) is 13.2 Å². The largest absolute Gasteiger partial charge is 0.353 e. The second-order valence-electron chi connectivity index (χ2n) is 7.07. The molecule has 0 aliphatic carbocycles. The standard InChI is InChI=1S/C21H33F3O2/c1-5-6-7-8-9-10-11-17(21(2,25-3)26-4)13-12-16-14-19(23)20(24)15-18(16)22/h14-15,17H,5-13H2,1-4H3. The Hall–Kier alpha value is -1.07. The highest BCUT2D eigenvalue weighted by molar-refractivity contribution is 5.20. The van der Waals surface area contributed by atoms with E-state index in [1.807, 2.05) is 6.92 Å². The van der Waals surface area contributed by atoms with Gasteiger partial charge in [-0.2, -0.15) is 0 Å². The lowest BCUT2D eigenvalue weighted by Gasteiger charge is -2.35. The molecule has 1 aromatic rings. The molecular formula is C21H33F3O2. The summed E-state index contributed by atoms with van der Waals surface area (Å²) in [6.07, 6.45) is 8.87. The van der Waals surface area contributed by atoms with Crippen LogP contribution in [0, 0.1) is 23.4 Å². The molecule has 0 saturated heterocycles. The van der Waals surface area contributed by atoms with Gasteiger partial charge in [-0.1, -0.05) is 45.4 Å². The van der Waals surface area contributed by atoms with Gasteiger partial charge in [0.15, 0.2) is 17.4 Å². The first-order valence-electron chi connectivity index (χ1n) is 9.61.